The van der Waals surface area contributed by atoms with Crippen molar-refractivity contribution in [2.45, 2.75) is 44.1 Å². The second-order valence-electron chi connectivity index (χ2n) is 11.6. The number of fused-ring (bicyclic) bond motifs is 5. The molecule has 0 bridgehead atoms. The van der Waals surface area contributed by atoms with Crippen molar-refractivity contribution >= 4 is 23.1 Å². The van der Waals surface area contributed by atoms with E-state index in [-0.39, 0.29) is 11.4 Å². The number of para-hydroxylation sites is 1. The molecule has 1 amide bonds. The summed E-state index contributed by atoms with van der Waals surface area (Å²) in [5, 5.41) is 3.54. The zero-order valence-corrected chi connectivity index (χ0v) is 23.4. The molecule has 42 heavy (non-hydrogen) atoms. The van der Waals surface area contributed by atoms with Crippen molar-refractivity contribution in [2.24, 2.45) is 5.73 Å². The van der Waals surface area contributed by atoms with Gasteiger partial charge in [0.1, 0.15) is 5.82 Å². The van der Waals surface area contributed by atoms with Gasteiger partial charge in [0.25, 0.3) is 0 Å². The normalized spacial score (nSPS) is 16.9. The minimum atomic E-state index is -0.225. The van der Waals surface area contributed by atoms with Gasteiger partial charge in [0.15, 0.2) is 5.82 Å². The number of anilines is 3. The first kappa shape index (κ1) is 25.0. The first-order valence-electron chi connectivity index (χ1n) is 14.8. The van der Waals surface area contributed by atoms with Crippen molar-refractivity contribution in [3.8, 4) is 39.6 Å². The lowest BCUT2D eigenvalue weighted by Gasteiger charge is -2.38. The minimum Gasteiger partial charge on any atom is -0.338 e. The molecule has 2 aromatic heterocycles. The zero-order chi connectivity index (χ0) is 28.3. The van der Waals surface area contributed by atoms with E-state index in [0.717, 1.165) is 89.0 Å². The third-order valence-corrected chi connectivity index (χ3v) is 9.08. The summed E-state index contributed by atoms with van der Waals surface area (Å²) in [6.45, 7) is 0.769. The first-order valence-corrected chi connectivity index (χ1v) is 14.8. The highest BCUT2D eigenvalue weighted by atomic mass is 16.2. The molecule has 5 aromatic rings. The van der Waals surface area contributed by atoms with E-state index < -0.39 is 0 Å². The van der Waals surface area contributed by atoms with Crippen LogP contribution in [0.4, 0.5) is 17.2 Å². The van der Waals surface area contributed by atoms with Gasteiger partial charge in [-0.15, -0.1) is 0 Å². The second-order valence-corrected chi connectivity index (χ2v) is 11.6. The Morgan fingerprint density at radius 3 is 2.38 bits per heavy atom. The Hall–Kier alpha value is -4.75. The van der Waals surface area contributed by atoms with E-state index in [1.807, 2.05) is 29.3 Å². The number of pyridine rings is 1. The topological polar surface area (TPSA) is 89.1 Å². The number of nitrogens with two attached hydrogens (primary N) is 1. The molecule has 8 rings (SSSR count). The van der Waals surface area contributed by atoms with Crippen molar-refractivity contribution in [3.63, 3.8) is 0 Å². The number of hydrogen-bond donors (Lipinski definition) is 2. The predicted octanol–water partition coefficient (Wildman–Crippen LogP) is 7.18. The molecule has 7 heteroatoms. The van der Waals surface area contributed by atoms with E-state index in [1.165, 1.54) is 12.0 Å². The summed E-state index contributed by atoms with van der Waals surface area (Å²) in [5.41, 5.74) is 15.4. The number of nitrogens with zero attached hydrogens (tertiary/aromatic N) is 4. The van der Waals surface area contributed by atoms with E-state index in [4.69, 9.17) is 15.7 Å². The number of aromatic nitrogens is 3. The van der Waals surface area contributed by atoms with Crippen LogP contribution in [0.25, 0.3) is 39.6 Å². The van der Waals surface area contributed by atoms with Gasteiger partial charge in [0.2, 0.25) is 5.91 Å². The Balaban J connectivity index is 1.34. The van der Waals surface area contributed by atoms with Gasteiger partial charge < -0.3 is 16.0 Å². The molecule has 0 unspecified atom stereocenters. The lowest BCUT2D eigenvalue weighted by molar-refractivity contribution is -0.119. The van der Waals surface area contributed by atoms with Crippen LogP contribution in [0.3, 0.4) is 0 Å². The Morgan fingerprint density at radius 2 is 1.62 bits per heavy atom. The summed E-state index contributed by atoms with van der Waals surface area (Å²) in [7, 11) is 0. The standard InChI is InChI=1S/C35H32N6O/c36-35(19-6-20-35)25-15-11-24(12-16-25)32-31(23-13-17-26(18-14-23)40-22-4-3-10-30(40)42)39-34-27-7-1-2-8-28(27)38-33-29(41(32)34)9-5-21-37-33/h1-2,5,7-9,11-18,21H,3-4,6,10,19-20,22,36H2,(H,37,38). The number of piperidine rings is 1. The average Bonchev–Trinajstić information content (AvgIpc) is 3.35. The monoisotopic (exact) mass is 552 g/mol. The highest BCUT2D eigenvalue weighted by molar-refractivity contribution is 5.95. The van der Waals surface area contributed by atoms with Crippen LogP contribution in [-0.4, -0.2) is 27.0 Å². The van der Waals surface area contributed by atoms with Crippen LogP contribution in [-0.2, 0) is 10.3 Å². The van der Waals surface area contributed by atoms with Gasteiger partial charge in [-0.3, -0.25) is 9.36 Å². The Kier molecular flexibility index (Phi) is 5.76. The third-order valence-electron chi connectivity index (χ3n) is 9.08. The summed E-state index contributed by atoms with van der Waals surface area (Å²) >= 11 is 0. The molecule has 1 saturated heterocycles. The molecule has 2 aliphatic heterocycles. The van der Waals surface area contributed by atoms with Crippen molar-refractivity contribution < 1.29 is 4.79 Å². The second kappa shape index (κ2) is 9.67. The molecule has 0 spiro atoms. The molecule has 1 saturated carbocycles. The van der Waals surface area contributed by atoms with Crippen molar-refractivity contribution in [1.29, 1.82) is 0 Å². The quantitative estimate of drug-likeness (QED) is 0.242. The lowest BCUT2D eigenvalue weighted by Crippen LogP contribution is -2.43. The van der Waals surface area contributed by atoms with Crippen LogP contribution >= 0.6 is 0 Å². The number of carbonyl (C=O) groups is 1. The summed E-state index contributed by atoms with van der Waals surface area (Å²) in [6, 6.07) is 29.3. The van der Waals surface area contributed by atoms with Gasteiger partial charge in [-0.05, 0) is 74.1 Å². The van der Waals surface area contributed by atoms with Crippen LogP contribution in [0.2, 0.25) is 0 Å². The smallest absolute Gasteiger partial charge is 0.226 e. The van der Waals surface area contributed by atoms with Gasteiger partial charge >= 0.3 is 0 Å². The molecule has 3 aliphatic rings. The van der Waals surface area contributed by atoms with Crippen molar-refractivity contribution in [2.75, 3.05) is 16.8 Å². The maximum atomic E-state index is 12.6. The lowest BCUT2D eigenvalue weighted by atomic mass is 9.72. The Morgan fingerprint density at radius 1 is 0.833 bits per heavy atom. The molecular weight excluding hydrogens is 520 g/mol. The number of benzene rings is 3. The molecular formula is C35H32N6O. The van der Waals surface area contributed by atoms with E-state index in [1.54, 1.807) is 0 Å². The molecule has 4 heterocycles. The molecule has 7 nitrogen and oxygen atoms in total. The van der Waals surface area contributed by atoms with Gasteiger partial charge in [-0.25, -0.2) is 9.97 Å². The van der Waals surface area contributed by atoms with Crippen LogP contribution < -0.4 is 16.0 Å². The summed E-state index contributed by atoms with van der Waals surface area (Å²) in [6.07, 6.45) is 7.64. The van der Waals surface area contributed by atoms with Gasteiger partial charge in [0, 0.05) is 47.1 Å². The third kappa shape index (κ3) is 3.96. The maximum absolute atomic E-state index is 12.6. The molecule has 1 aliphatic carbocycles. The number of rotatable bonds is 4. The highest BCUT2D eigenvalue weighted by Crippen LogP contribution is 2.45. The summed E-state index contributed by atoms with van der Waals surface area (Å²) in [4.78, 5) is 24.6. The number of imidazole rings is 1. The van der Waals surface area contributed by atoms with Gasteiger partial charge in [-0.2, -0.15) is 0 Å². The highest BCUT2D eigenvalue weighted by Gasteiger charge is 2.34. The fourth-order valence-electron chi connectivity index (χ4n) is 6.58. The molecule has 2 fully saturated rings. The number of carbonyl (C=O) groups excluding carboxylic acids is 1. The number of amides is 1. The summed E-state index contributed by atoms with van der Waals surface area (Å²) in [5.74, 6) is 1.82. The largest absolute Gasteiger partial charge is 0.338 e. The molecule has 208 valence electrons. The van der Waals surface area contributed by atoms with Crippen LogP contribution in [0.15, 0.2) is 91.1 Å². The molecule has 0 radical (unpaired) electrons. The molecule has 0 atom stereocenters. The van der Waals surface area contributed by atoms with E-state index in [2.05, 4.69) is 76.6 Å². The minimum absolute atomic E-state index is 0.195. The van der Waals surface area contributed by atoms with E-state index in [0.29, 0.717) is 6.42 Å². The van der Waals surface area contributed by atoms with E-state index in [9.17, 15) is 4.79 Å². The number of nitrogens with one attached hydrogen (secondary N) is 1. The first-order chi connectivity index (χ1) is 20.6. The Bertz CT molecular complexity index is 1820. The van der Waals surface area contributed by atoms with Crippen molar-refractivity contribution in [1.82, 2.24) is 14.5 Å². The van der Waals surface area contributed by atoms with Crippen LogP contribution in [0.5, 0.6) is 0 Å². The van der Waals surface area contributed by atoms with Gasteiger partial charge in [0.05, 0.1) is 22.8 Å². The molecule has 3 aromatic carbocycles. The van der Waals surface area contributed by atoms with Gasteiger partial charge in [-0.1, -0.05) is 48.5 Å². The average molecular weight is 553 g/mol. The van der Waals surface area contributed by atoms with E-state index >= 15 is 0 Å². The number of hydrogen-bond acceptors (Lipinski definition) is 5. The summed E-state index contributed by atoms with van der Waals surface area (Å²) < 4.78 is 2.23. The SMILES string of the molecule is NC1(c2ccc(-c3c(-c4ccc(N5CCCCC5=O)cc4)nc4n3-c3cccnc3Nc3ccccc3-4)cc2)CCC1. The van der Waals surface area contributed by atoms with Crippen LogP contribution in [0, 0.1) is 0 Å². The predicted molar refractivity (Wildman–Crippen MR) is 167 cm³/mol. The van der Waals surface area contributed by atoms with Crippen molar-refractivity contribution in [3.05, 3.63) is 96.7 Å². The maximum Gasteiger partial charge on any atom is 0.226 e. The van der Waals surface area contributed by atoms with Crippen LogP contribution in [0.1, 0.15) is 44.1 Å². The zero-order valence-electron chi connectivity index (χ0n) is 23.4. The fraction of sp³-hybridized carbons (Fsp3) is 0.229. The Labute approximate surface area is 245 Å². The fourth-order valence-corrected chi connectivity index (χ4v) is 6.58. The molecule has 3 N–H and O–H groups in total.